The van der Waals surface area contributed by atoms with Crippen LogP contribution in [0.4, 0.5) is 5.95 Å². The summed E-state index contributed by atoms with van der Waals surface area (Å²) < 4.78 is 5.21. The third-order valence-corrected chi connectivity index (χ3v) is 5.29. The van der Waals surface area contributed by atoms with Crippen molar-refractivity contribution >= 4 is 11.9 Å². The Labute approximate surface area is 130 Å². The molecule has 3 fully saturated rings. The predicted octanol–water partition coefficient (Wildman–Crippen LogP) is 1.32. The second-order valence-corrected chi connectivity index (χ2v) is 6.67. The Kier molecular flexibility index (Phi) is 3.39. The van der Waals surface area contributed by atoms with E-state index in [9.17, 15) is 4.79 Å². The van der Waals surface area contributed by atoms with E-state index in [-0.39, 0.29) is 0 Å². The average Bonchev–Trinajstić information content (AvgIpc) is 2.56. The van der Waals surface area contributed by atoms with Crippen LogP contribution < -0.4 is 9.64 Å². The lowest BCUT2D eigenvalue weighted by Crippen LogP contribution is -2.60. The first-order valence-electron chi connectivity index (χ1n) is 8.16. The topological polar surface area (TPSA) is 58.6 Å². The fraction of sp³-hybridized carbons (Fsp3) is 0.688. The number of nitrogens with zero attached hydrogens (tertiary/aromatic N) is 4. The van der Waals surface area contributed by atoms with Crippen molar-refractivity contribution in [2.24, 2.45) is 11.8 Å². The van der Waals surface area contributed by atoms with Crippen LogP contribution in [-0.4, -0.2) is 53.6 Å². The van der Waals surface area contributed by atoms with Gasteiger partial charge in [-0.1, -0.05) is 0 Å². The van der Waals surface area contributed by atoms with E-state index >= 15 is 0 Å². The van der Waals surface area contributed by atoms with Gasteiger partial charge in [0.15, 0.2) is 0 Å². The second-order valence-electron chi connectivity index (χ2n) is 6.67. The highest BCUT2D eigenvalue weighted by molar-refractivity contribution is 5.77. The summed E-state index contributed by atoms with van der Waals surface area (Å²) in [6.07, 6.45) is 5.91. The number of anilines is 1. The molecule has 3 aliphatic rings. The van der Waals surface area contributed by atoms with E-state index in [2.05, 4.69) is 19.8 Å². The van der Waals surface area contributed by atoms with Crippen molar-refractivity contribution in [3.63, 3.8) is 0 Å². The van der Waals surface area contributed by atoms with E-state index in [1.54, 1.807) is 19.4 Å². The minimum absolute atomic E-state index is 0.358. The van der Waals surface area contributed by atoms with Gasteiger partial charge in [0.1, 0.15) is 0 Å². The summed E-state index contributed by atoms with van der Waals surface area (Å²) in [5.74, 6) is 2.80. The molecule has 3 saturated heterocycles. The van der Waals surface area contributed by atoms with Crippen molar-refractivity contribution in [1.29, 1.82) is 0 Å². The van der Waals surface area contributed by atoms with Gasteiger partial charge in [0.05, 0.1) is 7.11 Å². The second kappa shape index (κ2) is 5.41. The third-order valence-electron chi connectivity index (χ3n) is 5.29. The van der Waals surface area contributed by atoms with Crippen LogP contribution in [0.1, 0.15) is 25.7 Å². The van der Waals surface area contributed by atoms with E-state index in [4.69, 9.17) is 4.74 Å². The van der Waals surface area contributed by atoms with Crippen molar-refractivity contribution in [3.05, 3.63) is 12.3 Å². The van der Waals surface area contributed by atoms with Gasteiger partial charge < -0.3 is 14.5 Å². The van der Waals surface area contributed by atoms with E-state index in [0.717, 1.165) is 44.8 Å². The molecule has 118 valence electrons. The van der Waals surface area contributed by atoms with Gasteiger partial charge in [-0.3, -0.25) is 4.79 Å². The van der Waals surface area contributed by atoms with Crippen LogP contribution in [0.3, 0.4) is 0 Å². The highest BCUT2D eigenvalue weighted by Gasteiger charge is 2.44. The number of carbonyl (C=O) groups excluding carboxylic acids is 1. The van der Waals surface area contributed by atoms with Gasteiger partial charge in [-0.15, -0.1) is 0 Å². The largest absolute Gasteiger partial charge is 0.481 e. The van der Waals surface area contributed by atoms with Crippen LogP contribution in [0.15, 0.2) is 12.3 Å². The minimum Gasteiger partial charge on any atom is -0.481 e. The monoisotopic (exact) mass is 302 g/mol. The minimum atomic E-state index is 0.358. The summed E-state index contributed by atoms with van der Waals surface area (Å²) in [5.41, 5.74) is 0. The predicted molar refractivity (Wildman–Crippen MR) is 81.7 cm³/mol. The molecule has 6 heteroatoms. The zero-order valence-electron chi connectivity index (χ0n) is 12.9. The molecule has 0 aromatic carbocycles. The molecule has 1 aromatic heterocycles. The lowest BCUT2D eigenvalue weighted by Gasteiger charge is -2.52. The Morgan fingerprint density at radius 1 is 1.32 bits per heavy atom. The highest BCUT2D eigenvalue weighted by Crippen LogP contribution is 2.38. The van der Waals surface area contributed by atoms with Gasteiger partial charge in [0.25, 0.3) is 0 Å². The molecule has 0 saturated carbocycles. The highest BCUT2D eigenvalue weighted by atomic mass is 16.5. The zero-order valence-corrected chi connectivity index (χ0v) is 12.9. The Morgan fingerprint density at radius 2 is 2.23 bits per heavy atom. The van der Waals surface area contributed by atoms with Crippen molar-refractivity contribution in [2.75, 3.05) is 31.6 Å². The lowest BCUT2D eigenvalue weighted by atomic mass is 9.76. The lowest BCUT2D eigenvalue weighted by molar-refractivity contribution is -0.142. The molecule has 22 heavy (non-hydrogen) atoms. The molecule has 3 atom stereocenters. The van der Waals surface area contributed by atoms with E-state index in [1.165, 1.54) is 6.42 Å². The summed E-state index contributed by atoms with van der Waals surface area (Å²) in [5, 5.41) is 0. The Morgan fingerprint density at radius 3 is 3.09 bits per heavy atom. The van der Waals surface area contributed by atoms with Crippen molar-refractivity contribution in [3.8, 4) is 5.88 Å². The van der Waals surface area contributed by atoms with E-state index in [1.807, 2.05) is 0 Å². The van der Waals surface area contributed by atoms with Crippen LogP contribution in [-0.2, 0) is 4.79 Å². The Bertz CT molecular complexity index is 579. The Hall–Kier alpha value is -1.85. The summed E-state index contributed by atoms with van der Waals surface area (Å²) in [6, 6.07) is 2.20. The van der Waals surface area contributed by atoms with Crippen molar-refractivity contribution in [1.82, 2.24) is 14.9 Å². The number of aromatic nitrogens is 2. The summed E-state index contributed by atoms with van der Waals surface area (Å²) in [6.45, 7) is 2.78. The van der Waals surface area contributed by atoms with Crippen LogP contribution in [0.5, 0.6) is 5.88 Å². The van der Waals surface area contributed by atoms with Gasteiger partial charge in [-0.05, 0) is 31.1 Å². The van der Waals surface area contributed by atoms with Gasteiger partial charge in [0.2, 0.25) is 17.7 Å². The molecule has 1 aromatic rings. The summed E-state index contributed by atoms with van der Waals surface area (Å²) in [4.78, 5) is 25.5. The molecule has 0 radical (unpaired) electrons. The zero-order chi connectivity index (χ0) is 15.1. The quantitative estimate of drug-likeness (QED) is 0.825. The molecule has 0 N–H and O–H groups in total. The van der Waals surface area contributed by atoms with Crippen molar-refractivity contribution in [2.45, 2.75) is 31.7 Å². The molecule has 4 rings (SSSR count). The van der Waals surface area contributed by atoms with Gasteiger partial charge in [0, 0.05) is 44.4 Å². The van der Waals surface area contributed by atoms with Gasteiger partial charge in [-0.25, -0.2) is 4.98 Å². The maximum Gasteiger partial charge on any atom is 0.228 e. The standard InChI is InChI=1S/C16H22N4O2/c1-22-14-5-6-17-16(18-14)19-8-11-7-12(10-19)13-3-2-4-15(21)20(13)9-11/h5-6,11-13H,2-4,7-10H2,1H3/t11?,12?,13-/m0/s1. The number of fused-ring (bicyclic) bond motifs is 4. The average molecular weight is 302 g/mol. The molecule has 4 heterocycles. The van der Waals surface area contributed by atoms with Crippen molar-refractivity contribution < 1.29 is 9.53 Å². The number of ether oxygens (including phenoxy) is 1. The van der Waals surface area contributed by atoms with E-state index < -0.39 is 0 Å². The molecule has 0 spiro atoms. The number of piperidine rings is 3. The molecule has 1 amide bonds. The molecule has 6 nitrogen and oxygen atoms in total. The SMILES string of the molecule is COc1ccnc(N2CC3CC(C2)[C@@H]2CCCC(=O)N2C3)n1. The normalized spacial score (nSPS) is 31.0. The molecular weight excluding hydrogens is 280 g/mol. The van der Waals surface area contributed by atoms with Crippen LogP contribution in [0.25, 0.3) is 0 Å². The summed E-state index contributed by atoms with van der Waals surface area (Å²) in [7, 11) is 1.63. The van der Waals surface area contributed by atoms with Gasteiger partial charge >= 0.3 is 0 Å². The first kappa shape index (κ1) is 13.8. The number of carbonyl (C=O) groups is 1. The number of hydrogen-bond donors (Lipinski definition) is 0. The smallest absolute Gasteiger partial charge is 0.228 e. The summed E-state index contributed by atoms with van der Waals surface area (Å²) >= 11 is 0. The first-order valence-corrected chi connectivity index (χ1v) is 8.16. The van der Waals surface area contributed by atoms with Crippen LogP contribution >= 0.6 is 0 Å². The number of rotatable bonds is 2. The maximum atomic E-state index is 12.2. The van der Waals surface area contributed by atoms with E-state index in [0.29, 0.717) is 29.7 Å². The molecule has 2 bridgehead atoms. The first-order chi connectivity index (χ1) is 10.7. The molecule has 0 aliphatic carbocycles. The number of amides is 1. The maximum absolute atomic E-state index is 12.2. The number of hydrogen-bond acceptors (Lipinski definition) is 5. The number of methoxy groups -OCH3 is 1. The van der Waals surface area contributed by atoms with Crippen LogP contribution in [0.2, 0.25) is 0 Å². The van der Waals surface area contributed by atoms with Gasteiger partial charge in [-0.2, -0.15) is 4.98 Å². The third kappa shape index (κ3) is 2.30. The molecule has 2 unspecified atom stereocenters. The fourth-order valence-electron chi connectivity index (χ4n) is 4.37. The molecule has 3 aliphatic heterocycles. The molecular formula is C16H22N4O2. The van der Waals surface area contributed by atoms with Crippen LogP contribution in [0, 0.1) is 11.8 Å². The Balaban J connectivity index is 1.56. The fourth-order valence-corrected chi connectivity index (χ4v) is 4.37.